The van der Waals surface area contributed by atoms with Crippen LogP contribution in [0, 0.1) is 0 Å². The van der Waals surface area contributed by atoms with Crippen molar-refractivity contribution in [3.63, 3.8) is 0 Å². The fourth-order valence-electron chi connectivity index (χ4n) is 1.56. The summed E-state index contributed by atoms with van der Waals surface area (Å²) in [6.45, 7) is 0. The highest BCUT2D eigenvalue weighted by Gasteiger charge is 2.09. The molecule has 0 unspecified atom stereocenters. The van der Waals surface area contributed by atoms with Gasteiger partial charge in [-0.1, -0.05) is 6.07 Å². The Morgan fingerprint density at radius 3 is 2.78 bits per heavy atom. The molecular formula is C13H12BrNO2S. The molecule has 0 aliphatic rings. The van der Waals surface area contributed by atoms with Gasteiger partial charge in [0.25, 0.3) is 0 Å². The Kier molecular flexibility index (Phi) is 4.49. The van der Waals surface area contributed by atoms with Crippen LogP contribution in [0.2, 0.25) is 0 Å². The van der Waals surface area contributed by atoms with E-state index in [0.717, 1.165) is 14.9 Å². The third-order valence-corrected chi connectivity index (χ3v) is 4.38. The first-order valence-corrected chi connectivity index (χ1v) is 7.09. The van der Waals surface area contributed by atoms with E-state index in [1.165, 1.54) is 0 Å². The Morgan fingerprint density at radius 2 is 2.22 bits per heavy atom. The van der Waals surface area contributed by atoms with Gasteiger partial charge in [0.05, 0.1) is 7.11 Å². The molecule has 2 heterocycles. The third kappa shape index (κ3) is 3.40. The highest BCUT2D eigenvalue weighted by molar-refractivity contribution is 9.10. The number of aromatic nitrogens is 1. The lowest BCUT2D eigenvalue weighted by atomic mass is 10.1. The normalized spacial score (nSPS) is 10.3. The number of methoxy groups -OCH3 is 1. The van der Waals surface area contributed by atoms with Crippen LogP contribution in [-0.4, -0.2) is 17.9 Å². The summed E-state index contributed by atoms with van der Waals surface area (Å²) >= 11 is 5.02. The zero-order valence-electron chi connectivity index (χ0n) is 9.85. The van der Waals surface area contributed by atoms with E-state index in [-0.39, 0.29) is 5.78 Å². The van der Waals surface area contributed by atoms with E-state index in [4.69, 9.17) is 4.74 Å². The van der Waals surface area contributed by atoms with Crippen molar-refractivity contribution in [1.29, 1.82) is 0 Å². The summed E-state index contributed by atoms with van der Waals surface area (Å²) in [5.74, 6) is 0.748. The fraction of sp³-hybridized carbons (Fsp3) is 0.231. The third-order valence-electron chi connectivity index (χ3n) is 2.46. The summed E-state index contributed by atoms with van der Waals surface area (Å²) in [5, 5.41) is 1.97. The molecule has 0 bridgehead atoms. The molecule has 0 aliphatic heterocycles. The molecule has 2 aromatic rings. The van der Waals surface area contributed by atoms with Gasteiger partial charge >= 0.3 is 0 Å². The number of carbonyl (C=O) groups excluding carboxylic acids is 1. The van der Waals surface area contributed by atoms with Gasteiger partial charge in [-0.25, -0.2) is 4.98 Å². The summed E-state index contributed by atoms with van der Waals surface area (Å²) in [5.41, 5.74) is 0.911. The number of halogens is 1. The molecule has 0 aromatic carbocycles. The van der Waals surface area contributed by atoms with Crippen LogP contribution in [0.25, 0.3) is 0 Å². The van der Waals surface area contributed by atoms with E-state index in [2.05, 4.69) is 20.9 Å². The quantitative estimate of drug-likeness (QED) is 0.846. The molecule has 0 saturated carbocycles. The van der Waals surface area contributed by atoms with E-state index >= 15 is 0 Å². The van der Waals surface area contributed by atoms with E-state index in [1.807, 2.05) is 17.5 Å². The van der Waals surface area contributed by atoms with Crippen LogP contribution in [0.1, 0.15) is 10.4 Å². The average molecular weight is 326 g/mol. The van der Waals surface area contributed by atoms with E-state index in [1.54, 1.807) is 30.7 Å². The van der Waals surface area contributed by atoms with Gasteiger partial charge in [-0.05, 0) is 32.9 Å². The second-order valence-corrected chi connectivity index (χ2v) is 5.65. The molecule has 0 N–H and O–H groups in total. The Balaban J connectivity index is 1.96. The molecule has 0 aliphatic carbocycles. The van der Waals surface area contributed by atoms with Gasteiger partial charge in [-0.15, -0.1) is 11.3 Å². The van der Waals surface area contributed by atoms with Gasteiger partial charge in [-0.2, -0.15) is 0 Å². The van der Waals surface area contributed by atoms with Crippen LogP contribution in [0.5, 0.6) is 5.88 Å². The Hall–Kier alpha value is -1.20. The number of nitrogens with zero attached hydrogens (tertiary/aromatic N) is 1. The smallest absolute Gasteiger partial charge is 0.212 e. The fourth-order valence-corrected chi connectivity index (χ4v) is 3.08. The predicted octanol–water partition coefficient (Wildman–Crippen LogP) is 3.27. The first-order chi connectivity index (χ1) is 8.69. The Bertz CT molecular complexity index is 536. The van der Waals surface area contributed by atoms with E-state index < -0.39 is 0 Å². The van der Waals surface area contributed by atoms with Crippen molar-refractivity contribution < 1.29 is 9.53 Å². The number of hydrogen-bond donors (Lipinski definition) is 0. The molecule has 0 radical (unpaired) electrons. The number of rotatable bonds is 5. The number of Topliss-reactive ketones (excluding diaryl/α,β-unsaturated/α-hetero) is 1. The van der Waals surface area contributed by atoms with Crippen LogP contribution >= 0.6 is 27.3 Å². The van der Waals surface area contributed by atoms with Crippen LogP contribution < -0.4 is 4.74 Å². The molecular weight excluding hydrogens is 314 g/mol. The molecule has 18 heavy (non-hydrogen) atoms. The molecule has 5 heteroatoms. The van der Waals surface area contributed by atoms with Crippen LogP contribution in [0.4, 0.5) is 0 Å². The minimum atomic E-state index is 0.185. The lowest BCUT2D eigenvalue weighted by molar-refractivity contribution is -0.117. The highest BCUT2D eigenvalue weighted by Crippen LogP contribution is 2.23. The van der Waals surface area contributed by atoms with Crippen molar-refractivity contribution in [2.75, 3.05) is 7.11 Å². The van der Waals surface area contributed by atoms with Crippen molar-refractivity contribution >= 4 is 33.0 Å². The molecule has 0 amide bonds. The monoisotopic (exact) mass is 325 g/mol. The zero-order valence-corrected chi connectivity index (χ0v) is 12.3. The van der Waals surface area contributed by atoms with Crippen molar-refractivity contribution in [3.05, 3.63) is 44.7 Å². The molecule has 2 rings (SSSR count). The topological polar surface area (TPSA) is 39.2 Å². The molecule has 0 fully saturated rings. The molecule has 0 saturated heterocycles. The maximum absolute atomic E-state index is 11.9. The number of hydrogen-bond acceptors (Lipinski definition) is 4. The number of thiophene rings is 1. The number of ketones is 1. The standard InChI is InChI=1S/C13H12BrNO2S/c1-17-13-3-2-9(8-15-13)6-10(16)7-12-11(14)4-5-18-12/h2-5,8H,6-7H2,1H3. The summed E-state index contributed by atoms with van der Waals surface area (Å²) in [6.07, 6.45) is 2.55. The SMILES string of the molecule is COc1ccc(CC(=O)Cc2sccc2Br)cn1. The lowest BCUT2D eigenvalue weighted by Gasteiger charge is -2.02. The van der Waals surface area contributed by atoms with Crippen molar-refractivity contribution in [2.45, 2.75) is 12.8 Å². The van der Waals surface area contributed by atoms with Gasteiger partial charge in [-0.3, -0.25) is 4.79 Å². The predicted molar refractivity (Wildman–Crippen MR) is 75.2 cm³/mol. The summed E-state index contributed by atoms with van der Waals surface area (Å²) in [4.78, 5) is 17.1. The van der Waals surface area contributed by atoms with Crippen molar-refractivity contribution in [2.24, 2.45) is 0 Å². The van der Waals surface area contributed by atoms with Crippen LogP contribution in [0.3, 0.4) is 0 Å². The highest BCUT2D eigenvalue weighted by atomic mass is 79.9. The molecule has 94 valence electrons. The van der Waals surface area contributed by atoms with Crippen LogP contribution in [-0.2, 0) is 17.6 Å². The van der Waals surface area contributed by atoms with Gasteiger partial charge < -0.3 is 4.74 Å². The van der Waals surface area contributed by atoms with Crippen molar-refractivity contribution in [1.82, 2.24) is 4.98 Å². The molecule has 3 nitrogen and oxygen atoms in total. The second kappa shape index (κ2) is 6.11. The second-order valence-electron chi connectivity index (χ2n) is 3.79. The molecule has 0 spiro atoms. The molecule has 0 atom stereocenters. The first-order valence-electron chi connectivity index (χ1n) is 5.41. The maximum Gasteiger partial charge on any atom is 0.212 e. The Morgan fingerprint density at radius 1 is 1.39 bits per heavy atom. The van der Waals surface area contributed by atoms with Crippen molar-refractivity contribution in [3.8, 4) is 5.88 Å². The van der Waals surface area contributed by atoms with Gasteiger partial charge in [0.15, 0.2) is 0 Å². The van der Waals surface area contributed by atoms with Crippen LogP contribution in [0.15, 0.2) is 34.2 Å². The van der Waals surface area contributed by atoms with Gasteiger partial charge in [0, 0.05) is 34.5 Å². The number of ether oxygens (including phenoxy) is 1. The maximum atomic E-state index is 11.9. The summed E-state index contributed by atoms with van der Waals surface area (Å²) < 4.78 is 5.98. The summed E-state index contributed by atoms with van der Waals surface area (Å²) in [7, 11) is 1.57. The van der Waals surface area contributed by atoms with Gasteiger partial charge in [0.2, 0.25) is 5.88 Å². The van der Waals surface area contributed by atoms with E-state index in [0.29, 0.717) is 18.7 Å². The minimum absolute atomic E-state index is 0.185. The van der Waals surface area contributed by atoms with E-state index in [9.17, 15) is 4.79 Å². The zero-order chi connectivity index (χ0) is 13.0. The summed E-state index contributed by atoms with van der Waals surface area (Å²) in [6, 6.07) is 5.60. The number of pyridine rings is 1. The van der Waals surface area contributed by atoms with Gasteiger partial charge in [0.1, 0.15) is 5.78 Å². The molecule has 2 aromatic heterocycles. The minimum Gasteiger partial charge on any atom is -0.481 e. The average Bonchev–Trinajstić information content (AvgIpc) is 2.76. The largest absolute Gasteiger partial charge is 0.481 e. The lowest BCUT2D eigenvalue weighted by Crippen LogP contribution is -2.06. The first kappa shape index (κ1) is 13.2. The number of carbonyl (C=O) groups is 1. The Labute approximate surface area is 118 Å².